The number of nitrogens with two attached hydrogens (primary N) is 1. The lowest BCUT2D eigenvalue weighted by Crippen LogP contribution is -2.01. The number of nitrogen functional groups attached to an aromatic ring is 1. The second-order valence-electron chi connectivity index (χ2n) is 4.14. The minimum atomic E-state index is 0.695. The number of hydrogen-bond acceptors (Lipinski definition) is 2. The van der Waals surface area contributed by atoms with E-state index in [1.807, 2.05) is 6.20 Å². The first-order valence-corrected chi connectivity index (χ1v) is 5.55. The van der Waals surface area contributed by atoms with E-state index in [1.165, 1.54) is 36.9 Å². The topological polar surface area (TPSA) is 38.9 Å². The van der Waals surface area contributed by atoms with Crippen molar-refractivity contribution in [1.29, 1.82) is 0 Å². The summed E-state index contributed by atoms with van der Waals surface area (Å²) in [5.41, 5.74) is 9.19. The molecule has 2 N–H and O–H groups in total. The maximum Gasteiger partial charge on any atom is 0.0533 e. The van der Waals surface area contributed by atoms with Gasteiger partial charge < -0.3 is 5.73 Å². The van der Waals surface area contributed by atoms with Crippen LogP contribution < -0.4 is 5.73 Å². The highest BCUT2D eigenvalue weighted by atomic mass is 14.7. The third-order valence-electron chi connectivity index (χ3n) is 3.20. The van der Waals surface area contributed by atoms with Crippen LogP contribution in [0.3, 0.4) is 0 Å². The summed E-state index contributed by atoms with van der Waals surface area (Å²) in [5, 5.41) is 0. The number of hydrogen-bond donors (Lipinski definition) is 1. The van der Waals surface area contributed by atoms with Crippen LogP contribution in [0.15, 0.2) is 12.3 Å². The van der Waals surface area contributed by atoms with E-state index in [9.17, 15) is 0 Å². The maximum absolute atomic E-state index is 5.84. The first-order chi connectivity index (χ1) is 6.81. The second-order valence-corrected chi connectivity index (χ2v) is 4.14. The SMILES string of the molecule is CCc1cc(C2CCCC2)ncc1N. The molecular weight excluding hydrogens is 172 g/mol. The molecule has 0 saturated heterocycles. The monoisotopic (exact) mass is 190 g/mol. The number of rotatable bonds is 2. The molecule has 2 rings (SSSR count). The lowest BCUT2D eigenvalue weighted by atomic mass is 10.0. The molecule has 1 aromatic rings. The molecule has 0 atom stereocenters. The van der Waals surface area contributed by atoms with E-state index in [2.05, 4.69) is 18.0 Å². The normalized spacial score (nSPS) is 17.5. The number of nitrogens with zero attached hydrogens (tertiary/aromatic N) is 1. The third kappa shape index (κ3) is 1.74. The van der Waals surface area contributed by atoms with E-state index in [-0.39, 0.29) is 0 Å². The Morgan fingerprint density at radius 3 is 2.79 bits per heavy atom. The Bertz CT molecular complexity index is 314. The fourth-order valence-corrected chi connectivity index (χ4v) is 2.28. The zero-order chi connectivity index (χ0) is 9.97. The van der Waals surface area contributed by atoms with Crippen molar-refractivity contribution < 1.29 is 0 Å². The van der Waals surface area contributed by atoms with Gasteiger partial charge >= 0.3 is 0 Å². The van der Waals surface area contributed by atoms with Gasteiger partial charge in [-0.25, -0.2) is 0 Å². The van der Waals surface area contributed by atoms with Crippen LogP contribution >= 0.6 is 0 Å². The van der Waals surface area contributed by atoms with Crippen LogP contribution in [-0.2, 0) is 6.42 Å². The Kier molecular flexibility index (Phi) is 2.71. The highest BCUT2D eigenvalue weighted by Crippen LogP contribution is 2.33. The van der Waals surface area contributed by atoms with E-state index < -0.39 is 0 Å². The molecule has 1 aromatic heterocycles. The second kappa shape index (κ2) is 3.99. The molecule has 2 nitrogen and oxygen atoms in total. The van der Waals surface area contributed by atoms with Gasteiger partial charge in [-0.15, -0.1) is 0 Å². The van der Waals surface area contributed by atoms with Gasteiger partial charge in [0.25, 0.3) is 0 Å². The molecule has 0 spiro atoms. The Morgan fingerprint density at radius 2 is 2.14 bits per heavy atom. The fourth-order valence-electron chi connectivity index (χ4n) is 2.28. The van der Waals surface area contributed by atoms with E-state index >= 15 is 0 Å². The molecule has 14 heavy (non-hydrogen) atoms. The largest absolute Gasteiger partial charge is 0.397 e. The van der Waals surface area contributed by atoms with Gasteiger partial charge in [0.1, 0.15) is 0 Å². The number of anilines is 1. The minimum absolute atomic E-state index is 0.695. The van der Waals surface area contributed by atoms with Gasteiger partial charge in [0.15, 0.2) is 0 Å². The fraction of sp³-hybridized carbons (Fsp3) is 0.583. The van der Waals surface area contributed by atoms with Gasteiger partial charge in [-0.3, -0.25) is 4.98 Å². The van der Waals surface area contributed by atoms with E-state index in [0.717, 1.165) is 12.1 Å². The van der Waals surface area contributed by atoms with Crippen molar-refractivity contribution >= 4 is 5.69 Å². The predicted octanol–water partition coefficient (Wildman–Crippen LogP) is 2.88. The summed E-state index contributed by atoms with van der Waals surface area (Å²) in [6.45, 7) is 2.14. The summed E-state index contributed by atoms with van der Waals surface area (Å²) in [6, 6.07) is 2.20. The van der Waals surface area contributed by atoms with Crippen LogP contribution in [0.2, 0.25) is 0 Å². The highest BCUT2D eigenvalue weighted by Gasteiger charge is 2.18. The summed E-state index contributed by atoms with van der Waals surface area (Å²) < 4.78 is 0. The highest BCUT2D eigenvalue weighted by molar-refractivity contribution is 5.45. The van der Waals surface area contributed by atoms with Gasteiger partial charge in [-0.05, 0) is 30.9 Å². The predicted molar refractivity (Wildman–Crippen MR) is 59.2 cm³/mol. The zero-order valence-corrected chi connectivity index (χ0v) is 8.79. The minimum Gasteiger partial charge on any atom is -0.397 e. The average molecular weight is 190 g/mol. The number of aryl methyl sites for hydroxylation is 1. The van der Waals surface area contributed by atoms with Gasteiger partial charge in [0.2, 0.25) is 0 Å². The van der Waals surface area contributed by atoms with Crippen molar-refractivity contribution in [3.8, 4) is 0 Å². The third-order valence-corrected chi connectivity index (χ3v) is 3.20. The first kappa shape index (κ1) is 9.50. The van der Waals surface area contributed by atoms with Gasteiger partial charge in [-0.1, -0.05) is 19.8 Å². The summed E-state index contributed by atoms with van der Waals surface area (Å²) in [7, 11) is 0. The molecule has 76 valence electrons. The standard InChI is InChI=1S/C12H18N2/c1-2-9-7-12(14-8-11(9)13)10-5-3-4-6-10/h7-8,10H,2-6,13H2,1H3. The van der Waals surface area contributed by atoms with Crippen LogP contribution in [0.4, 0.5) is 5.69 Å². The van der Waals surface area contributed by atoms with Crippen molar-refractivity contribution in [2.45, 2.75) is 44.9 Å². The Hall–Kier alpha value is -1.05. The summed E-state index contributed by atoms with van der Waals surface area (Å²) in [4.78, 5) is 4.44. The van der Waals surface area contributed by atoms with E-state index in [4.69, 9.17) is 5.73 Å². The molecule has 1 aliphatic rings. The van der Waals surface area contributed by atoms with Crippen LogP contribution in [-0.4, -0.2) is 4.98 Å². The molecule has 0 aromatic carbocycles. The molecule has 1 aliphatic carbocycles. The quantitative estimate of drug-likeness (QED) is 0.778. The molecule has 1 heterocycles. The lowest BCUT2D eigenvalue weighted by molar-refractivity contribution is 0.696. The average Bonchev–Trinajstić information content (AvgIpc) is 2.71. The van der Waals surface area contributed by atoms with E-state index in [0.29, 0.717) is 5.92 Å². The van der Waals surface area contributed by atoms with Gasteiger partial charge in [0.05, 0.1) is 11.9 Å². The molecule has 0 bridgehead atoms. The molecule has 0 radical (unpaired) electrons. The molecular formula is C12H18N2. The van der Waals surface area contributed by atoms with Crippen molar-refractivity contribution in [1.82, 2.24) is 4.98 Å². The van der Waals surface area contributed by atoms with Crippen LogP contribution in [0.5, 0.6) is 0 Å². The van der Waals surface area contributed by atoms with Crippen LogP contribution in [0, 0.1) is 0 Å². The maximum atomic E-state index is 5.84. The van der Waals surface area contributed by atoms with Gasteiger partial charge in [0, 0.05) is 11.6 Å². The van der Waals surface area contributed by atoms with Crippen LogP contribution in [0.1, 0.15) is 49.8 Å². The number of aromatic nitrogens is 1. The van der Waals surface area contributed by atoms with Crippen molar-refractivity contribution in [3.63, 3.8) is 0 Å². The first-order valence-electron chi connectivity index (χ1n) is 5.55. The zero-order valence-electron chi connectivity index (χ0n) is 8.79. The summed E-state index contributed by atoms with van der Waals surface area (Å²) >= 11 is 0. The molecule has 1 fully saturated rings. The van der Waals surface area contributed by atoms with E-state index in [1.54, 1.807) is 0 Å². The molecule has 1 saturated carbocycles. The lowest BCUT2D eigenvalue weighted by Gasteiger charge is -2.10. The van der Waals surface area contributed by atoms with Crippen molar-refractivity contribution in [3.05, 3.63) is 23.5 Å². The summed E-state index contributed by atoms with van der Waals surface area (Å²) in [6.07, 6.45) is 8.16. The Labute approximate surface area is 85.5 Å². The molecule has 2 heteroatoms. The Morgan fingerprint density at radius 1 is 1.43 bits per heavy atom. The van der Waals surface area contributed by atoms with Crippen LogP contribution in [0.25, 0.3) is 0 Å². The molecule has 0 amide bonds. The van der Waals surface area contributed by atoms with Gasteiger partial charge in [-0.2, -0.15) is 0 Å². The smallest absolute Gasteiger partial charge is 0.0533 e. The Balaban J connectivity index is 2.25. The summed E-state index contributed by atoms with van der Waals surface area (Å²) in [5.74, 6) is 0.695. The molecule has 0 aliphatic heterocycles. The molecule has 0 unspecified atom stereocenters. The number of pyridine rings is 1. The van der Waals surface area contributed by atoms with Crippen molar-refractivity contribution in [2.75, 3.05) is 5.73 Å². The van der Waals surface area contributed by atoms with Crippen molar-refractivity contribution in [2.24, 2.45) is 0 Å².